The van der Waals surface area contributed by atoms with Crippen molar-refractivity contribution in [1.29, 1.82) is 0 Å². The van der Waals surface area contributed by atoms with Crippen molar-refractivity contribution in [3.8, 4) is 5.75 Å². The lowest BCUT2D eigenvalue weighted by atomic mass is 10.2. The predicted octanol–water partition coefficient (Wildman–Crippen LogP) is 2.95. The Kier molecular flexibility index (Phi) is 2.55. The van der Waals surface area contributed by atoms with Gasteiger partial charge in [-0.15, -0.1) is 0 Å². The first-order chi connectivity index (χ1) is 6.68. The largest absolute Gasteiger partial charge is 0.490 e. The van der Waals surface area contributed by atoms with E-state index in [1.807, 2.05) is 18.2 Å². The van der Waals surface area contributed by atoms with E-state index in [-0.39, 0.29) is 0 Å². The summed E-state index contributed by atoms with van der Waals surface area (Å²) in [5.41, 5.74) is 1.11. The molecule has 0 aromatic heterocycles. The Balaban J connectivity index is 2.41. The van der Waals surface area contributed by atoms with Crippen molar-refractivity contribution in [2.45, 2.75) is 19.9 Å². The molecule has 0 fully saturated rings. The molecular formula is C11H14ClNO. The van der Waals surface area contributed by atoms with E-state index in [9.17, 15) is 0 Å². The Morgan fingerprint density at radius 1 is 1.43 bits per heavy atom. The molecule has 0 atom stereocenters. The molecule has 0 bridgehead atoms. The van der Waals surface area contributed by atoms with E-state index in [1.165, 1.54) is 0 Å². The molecule has 3 heteroatoms. The minimum absolute atomic E-state index is 0.483. The molecule has 0 unspecified atom stereocenters. The van der Waals surface area contributed by atoms with Crippen LogP contribution >= 0.6 is 11.6 Å². The second-order valence-corrected chi connectivity index (χ2v) is 4.18. The van der Waals surface area contributed by atoms with Crippen molar-refractivity contribution < 1.29 is 4.74 Å². The lowest BCUT2D eigenvalue weighted by Crippen LogP contribution is -2.37. The second kappa shape index (κ2) is 3.70. The first kappa shape index (κ1) is 9.66. The number of hydrogen-bond donors (Lipinski definition) is 0. The summed E-state index contributed by atoms with van der Waals surface area (Å²) < 4.78 is 5.56. The van der Waals surface area contributed by atoms with Gasteiger partial charge in [-0.1, -0.05) is 11.6 Å². The SMILES string of the molecule is CC(C)N1CCOc2ccc(Cl)cc21. The van der Waals surface area contributed by atoms with Gasteiger partial charge in [-0.2, -0.15) is 0 Å². The van der Waals surface area contributed by atoms with Gasteiger partial charge in [0.15, 0.2) is 0 Å². The number of halogens is 1. The molecule has 76 valence electrons. The first-order valence-electron chi connectivity index (χ1n) is 4.87. The Labute approximate surface area is 89.4 Å². The zero-order chi connectivity index (χ0) is 10.1. The Bertz CT molecular complexity index is 338. The van der Waals surface area contributed by atoms with Crippen molar-refractivity contribution in [2.24, 2.45) is 0 Å². The quantitative estimate of drug-likeness (QED) is 0.708. The monoisotopic (exact) mass is 211 g/mol. The molecule has 0 radical (unpaired) electrons. The van der Waals surface area contributed by atoms with E-state index in [0.717, 1.165) is 29.6 Å². The van der Waals surface area contributed by atoms with Crippen molar-refractivity contribution in [2.75, 3.05) is 18.1 Å². The van der Waals surface area contributed by atoms with Gasteiger partial charge in [-0.3, -0.25) is 0 Å². The van der Waals surface area contributed by atoms with Crippen molar-refractivity contribution in [3.63, 3.8) is 0 Å². The molecule has 14 heavy (non-hydrogen) atoms. The van der Waals surface area contributed by atoms with E-state index in [4.69, 9.17) is 16.3 Å². The summed E-state index contributed by atoms with van der Waals surface area (Å²) in [6, 6.07) is 6.25. The molecule has 1 aliphatic rings. The Hall–Kier alpha value is -0.890. The van der Waals surface area contributed by atoms with Crippen LogP contribution in [0.1, 0.15) is 13.8 Å². The topological polar surface area (TPSA) is 12.5 Å². The maximum absolute atomic E-state index is 5.96. The van der Waals surface area contributed by atoms with Crippen molar-refractivity contribution in [3.05, 3.63) is 23.2 Å². The number of benzene rings is 1. The van der Waals surface area contributed by atoms with E-state index in [0.29, 0.717) is 6.04 Å². The van der Waals surface area contributed by atoms with Crippen LogP contribution in [0.2, 0.25) is 5.02 Å². The minimum atomic E-state index is 0.483. The highest BCUT2D eigenvalue weighted by Gasteiger charge is 2.19. The summed E-state index contributed by atoms with van der Waals surface area (Å²) in [6.45, 7) is 6.05. The summed E-state index contributed by atoms with van der Waals surface area (Å²) in [5.74, 6) is 0.939. The summed E-state index contributed by atoms with van der Waals surface area (Å²) in [6.07, 6.45) is 0. The van der Waals surface area contributed by atoms with Crippen LogP contribution in [-0.2, 0) is 0 Å². The third-order valence-corrected chi connectivity index (χ3v) is 2.68. The Morgan fingerprint density at radius 3 is 2.93 bits per heavy atom. The van der Waals surface area contributed by atoms with Crippen LogP contribution in [-0.4, -0.2) is 19.2 Å². The van der Waals surface area contributed by atoms with E-state index >= 15 is 0 Å². The predicted molar refractivity (Wildman–Crippen MR) is 59.4 cm³/mol. The van der Waals surface area contributed by atoms with Crippen molar-refractivity contribution in [1.82, 2.24) is 0 Å². The van der Waals surface area contributed by atoms with Crippen LogP contribution in [0.5, 0.6) is 5.75 Å². The van der Waals surface area contributed by atoms with E-state index in [2.05, 4.69) is 18.7 Å². The summed E-state index contributed by atoms with van der Waals surface area (Å²) in [4.78, 5) is 2.31. The van der Waals surface area contributed by atoms with Crippen molar-refractivity contribution >= 4 is 17.3 Å². The van der Waals surface area contributed by atoms with Crippen LogP contribution in [0.15, 0.2) is 18.2 Å². The van der Waals surface area contributed by atoms with Crippen LogP contribution < -0.4 is 9.64 Å². The molecule has 0 amide bonds. The zero-order valence-corrected chi connectivity index (χ0v) is 9.21. The maximum atomic E-state index is 5.96. The summed E-state index contributed by atoms with van der Waals surface area (Å²) >= 11 is 5.96. The highest BCUT2D eigenvalue weighted by Crippen LogP contribution is 2.34. The number of rotatable bonds is 1. The average Bonchev–Trinajstić information content (AvgIpc) is 2.16. The number of fused-ring (bicyclic) bond motifs is 1. The fourth-order valence-electron chi connectivity index (χ4n) is 1.75. The number of anilines is 1. The second-order valence-electron chi connectivity index (χ2n) is 3.75. The molecule has 0 saturated heterocycles. The number of ether oxygens (including phenoxy) is 1. The lowest BCUT2D eigenvalue weighted by Gasteiger charge is -2.34. The molecule has 0 spiro atoms. The molecule has 1 aliphatic heterocycles. The fourth-order valence-corrected chi connectivity index (χ4v) is 1.91. The standard InChI is InChI=1S/C11H14ClNO/c1-8(2)13-5-6-14-11-4-3-9(12)7-10(11)13/h3-4,7-8H,5-6H2,1-2H3. The van der Waals surface area contributed by atoms with Crippen LogP contribution in [0.4, 0.5) is 5.69 Å². The van der Waals surface area contributed by atoms with Gasteiger partial charge in [-0.25, -0.2) is 0 Å². The van der Waals surface area contributed by atoms with Gasteiger partial charge in [-0.05, 0) is 32.0 Å². The summed E-state index contributed by atoms with van der Waals surface area (Å²) in [7, 11) is 0. The smallest absolute Gasteiger partial charge is 0.142 e. The Morgan fingerprint density at radius 2 is 2.21 bits per heavy atom. The highest BCUT2D eigenvalue weighted by molar-refractivity contribution is 6.30. The lowest BCUT2D eigenvalue weighted by molar-refractivity contribution is 0.303. The zero-order valence-electron chi connectivity index (χ0n) is 8.46. The molecular weight excluding hydrogens is 198 g/mol. The normalized spacial score (nSPS) is 15.3. The molecule has 0 aliphatic carbocycles. The maximum Gasteiger partial charge on any atom is 0.142 e. The number of nitrogens with zero attached hydrogens (tertiary/aromatic N) is 1. The van der Waals surface area contributed by atoms with E-state index < -0.39 is 0 Å². The fraction of sp³-hybridized carbons (Fsp3) is 0.455. The van der Waals surface area contributed by atoms with Gasteiger partial charge >= 0.3 is 0 Å². The highest BCUT2D eigenvalue weighted by atomic mass is 35.5. The third-order valence-electron chi connectivity index (χ3n) is 2.44. The minimum Gasteiger partial charge on any atom is -0.490 e. The molecule has 0 saturated carbocycles. The van der Waals surface area contributed by atoms with Crippen LogP contribution in [0, 0.1) is 0 Å². The molecule has 1 aromatic carbocycles. The van der Waals surface area contributed by atoms with Crippen LogP contribution in [0.25, 0.3) is 0 Å². The molecule has 2 nitrogen and oxygen atoms in total. The third kappa shape index (κ3) is 1.67. The molecule has 1 aromatic rings. The average molecular weight is 212 g/mol. The van der Waals surface area contributed by atoms with E-state index in [1.54, 1.807) is 0 Å². The van der Waals surface area contributed by atoms with Gasteiger partial charge < -0.3 is 9.64 Å². The van der Waals surface area contributed by atoms with Gasteiger partial charge in [0.1, 0.15) is 12.4 Å². The molecule has 2 rings (SSSR count). The molecule has 0 N–H and O–H groups in total. The summed E-state index contributed by atoms with van der Waals surface area (Å²) in [5, 5.41) is 0.764. The first-order valence-corrected chi connectivity index (χ1v) is 5.25. The van der Waals surface area contributed by atoms with Gasteiger partial charge in [0.25, 0.3) is 0 Å². The number of hydrogen-bond acceptors (Lipinski definition) is 2. The van der Waals surface area contributed by atoms with Gasteiger partial charge in [0.2, 0.25) is 0 Å². The van der Waals surface area contributed by atoms with Crippen LogP contribution in [0.3, 0.4) is 0 Å². The van der Waals surface area contributed by atoms with Gasteiger partial charge in [0.05, 0.1) is 12.2 Å². The molecule has 1 heterocycles. The van der Waals surface area contributed by atoms with Gasteiger partial charge in [0, 0.05) is 11.1 Å².